The molecule has 4 heteroatoms. The van der Waals surface area contributed by atoms with Crippen molar-refractivity contribution in [2.24, 2.45) is 0 Å². The van der Waals surface area contributed by atoms with Crippen LogP contribution in [0.5, 0.6) is 0 Å². The Morgan fingerprint density at radius 1 is 1.40 bits per heavy atom. The van der Waals surface area contributed by atoms with Crippen molar-refractivity contribution >= 4 is 23.5 Å². The van der Waals surface area contributed by atoms with Crippen molar-refractivity contribution in [2.45, 2.75) is 0 Å². The molecule has 5 heavy (non-hydrogen) atoms. The minimum Gasteiger partial charge on any atom is -0.652 e. The average Bonchev–Trinajstić information content (AvgIpc) is 0.811. The summed E-state index contributed by atoms with van der Waals surface area (Å²) in [6.45, 7) is 0. The quantitative estimate of drug-likeness (QED) is 0.299. The van der Waals surface area contributed by atoms with Crippen molar-refractivity contribution in [2.75, 3.05) is 0 Å². The molecule has 0 heterocycles. The van der Waals surface area contributed by atoms with Crippen LogP contribution in [0.15, 0.2) is 0 Å². The van der Waals surface area contributed by atoms with E-state index in [1.165, 1.54) is 0 Å². The molecule has 0 aliphatic carbocycles. The molecule has 0 aromatic carbocycles. The maximum atomic E-state index is 8.33. The Labute approximate surface area is 39.4 Å². The smallest absolute Gasteiger partial charge is 0.652 e. The molecular formula is CAlO3+. The van der Waals surface area contributed by atoms with Crippen molar-refractivity contribution in [1.29, 1.82) is 0 Å². The third kappa shape index (κ3) is 317. The first kappa shape index (κ1) is 8.84. The fraction of sp³-hybridized carbons (Fsp3) is 0. The Morgan fingerprint density at radius 3 is 1.40 bits per heavy atom. The average molecular weight is 87.0 g/mol. The maximum Gasteiger partial charge on any atom is 3.00 e. The molecule has 0 aliphatic rings. The van der Waals surface area contributed by atoms with Crippen molar-refractivity contribution < 1.29 is 15.0 Å². The molecule has 0 saturated heterocycles. The molecule has 0 rings (SSSR count). The maximum absolute atomic E-state index is 8.33. The van der Waals surface area contributed by atoms with E-state index in [2.05, 4.69) is 0 Å². The summed E-state index contributed by atoms with van der Waals surface area (Å²) in [6.07, 6.45) is -2.33. The van der Waals surface area contributed by atoms with Crippen LogP contribution >= 0.6 is 0 Å². The number of carboxylic acid groups (broad SMARTS) is 2. The molecule has 0 aromatic heterocycles. The van der Waals surface area contributed by atoms with Gasteiger partial charge in [-0.3, -0.25) is 0 Å². The van der Waals surface area contributed by atoms with E-state index in [1.807, 2.05) is 0 Å². The van der Waals surface area contributed by atoms with Crippen molar-refractivity contribution in [3.63, 3.8) is 0 Å². The topological polar surface area (TPSA) is 63.2 Å². The van der Waals surface area contributed by atoms with Crippen LogP contribution in [0.1, 0.15) is 0 Å². The Hall–Kier alpha value is -0.198. The van der Waals surface area contributed by atoms with Crippen molar-refractivity contribution in [1.82, 2.24) is 0 Å². The van der Waals surface area contributed by atoms with Gasteiger partial charge in [-0.15, -0.1) is 0 Å². The zero-order valence-electron chi connectivity index (χ0n) is 2.30. The zero-order valence-corrected chi connectivity index (χ0v) is 3.46. The van der Waals surface area contributed by atoms with Crippen molar-refractivity contribution in [3.05, 3.63) is 0 Å². The predicted molar refractivity (Wildman–Crippen MR) is 11.1 cm³/mol. The number of hydrogen-bond acceptors (Lipinski definition) is 3. The second kappa shape index (κ2) is 3.80. The van der Waals surface area contributed by atoms with Gasteiger partial charge < -0.3 is 15.0 Å². The summed E-state index contributed by atoms with van der Waals surface area (Å²) >= 11 is 0. The first-order chi connectivity index (χ1) is 1.73. The number of carbonyl (C=O) groups excluding carboxylic acids is 1. The SMILES string of the molecule is O=C([O-])[O-].[Al+3]. The molecule has 0 atom stereocenters. The van der Waals surface area contributed by atoms with Gasteiger partial charge in [0, 0.05) is 0 Å². The Bertz CT molecular complexity index is 29.9. The molecule has 0 radical (unpaired) electrons. The molecule has 0 amide bonds. The Balaban J connectivity index is 0. The van der Waals surface area contributed by atoms with Crippen LogP contribution < -0.4 is 10.2 Å². The second-order valence-corrected chi connectivity index (χ2v) is 0.250. The van der Waals surface area contributed by atoms with E-state index in [1.54, 1.807) is 0 Å². The van der Waals surface area contributed by atoms with Gasteiger partial charge in [-0.1, -0.05) is 0 Å². The number of carbonyl (C=O) groups is 1. The predicted octanol–water partition coefficient (Wildman–Crippen LogP) is -2.83. The van der Waals surface area contributed by atoms with E-state index in [-0.39, 0.29) is 17.4 Å². The molecular weight excluding hydrogens is 87.0 g/mol. The van der Waals surface area contributed by atoms with Gasteiger partial charge >= 0.3 is 17.4 Å². The summed E-state index contributed by atoms with van der Waals surface area (Å²) in [5, 5.41) is 16.7. The Morgan fingerprint density at radius 2 is 1.40 bits per heavy atom. The van der Waals surface area contributed by atoms with Crippen LogP contribution in [0.25, 0.3) is 0 Å². The molecule has 0 N–H and O–H groups in total. The van der Waals surface area contributed by atoms with E-state index >= 15 is 0 Å². The van der Waals surface area contributed by atoms with Crippen molar-refractivity contribution in [3.8, 4) is 0 Å². The summed E-state index contributed by atoms with van der Waals surface area (Å²) in [5.74, 6) is 0. The fourth-order valence-corrected chi connectivity index (χ4v) is 0. The minimum atomic E-state index is -2.33. The van der Waals surface area contributed by atoms with E-state index < -0.39 is 6.16 Å². The van der Waals surface area contributed by atoms with E-state index in [4.69, 9.17) is 15.0 Å². The summed E-state index contributed by atoms with van der Waals surface area (Å²) in [6, 6.07) is 0. The van der Waals surface area contributed by atoms with Gasteiger partial charge in [0.05, 0.1) is 0 Å². The monoisotopic (exact) mass is 87.0 g/mol. The number of rotatable bonds is 0. The van der Waals surface area contributed by atoms with Crippen LogP contribution in [0.3, 0.4) is 0 Å². The van der Waals surface area contributed by atoms with Gasteiger partial charge in [0.2, 0.25) is 0 Å². The van der Waals surface area contributed by atoms with Gasteiger partial charge in [0.1, 0.15) is 0 Å². The summed E-state index contributed by atoms with van der Waals surface area (Å²) in [5.41, 5.74) is 0. The Kier molecular flexibility index (Phi) is 6.72. The zero-order chi connectivity index (χ0) is 3.58. The standard InChI is InChI=1S/CH2O3.Al/c2-1(3)4;/h(H2,2,3,4);/q;+3/p-2. The normalized spacial score (nSPS) is 4.80. The van der Waals surface area contributed by atoms with Crippen LogP contribution in [0.4, 0.5) is 4.79 Å². The summed E-state index contributed by atoms with van der Waals surface area (Å²) < 4.78 is 0. The van der Waals surface area contributed by atoms with Gasteiger partial charge in [-0.25, -0.2) is 0 Å². The van der Waals surface area contributed by atoms with Gasteiger partial charge in [0.25, 0.3) is 0 Å². The molecule has 0 aromatic rings. The third-order valence-electron chi connectivity index (χ3n) is 0. The summed E-state index contributed by atoms with van der Waals surface area (Å²) in [7, 11) is 0. The van der Waals surface area contributed by atoms with Gasteiger partial charge in [-0.05, 0) is 6.16 Å². The fourth-order valence-electron chi connectivity index (χ4n) is 0. The van der Waals surface area contributed by atoms with Gasteiger partial charge in [0.15, 0.2) is 0 Å². The summed E-state index contributed by atoms with van der Waals surface area (Å²) in [4.78, 5) is 8.33. The van der Waals surface area contributed by atoms with Crippen LogP contribution in [0.2, 0.25) is 0 Å². The first-order valence-corrected chi connectivity index (χ1v) is 0.612. The van der Waals surface area contributed by atoms with E-state index in [9.17, 15) is 0 Å². The van der Waals surface area contributed by atoms with Crippen LogP contribution in [0, 0.1) is 0 Å². The number of hydrogen-bond donors (Lipinski definition) is 0. The molecule has 0 saturated carbocycles. The van der Waals surface area contributed by atoms with E-state index in [0.717, 1.165) is 0 Å². The van der Waals surface area contributed by atoms with Crippen LogP contribution in [-0.4, -0.2) is 23.5 Å². The van der Waals surface area contributed by atoms with E-state index in [0.29, 0.717) is 0 Å². The molecule has 0 fully saturated rings. The second-order valence-electron chi connectivity index (χ2n) is 0.250. The molecule has 0 aliphatic heterocycles. The first-order valence-electron chi connectivity index (χ1n) is 0.612. The molecule has 0 spiro atoms. The third-order valence-corrected chi connectivity index (χ3v) is 0. The largest absolute Gasteiger partial charge is 3.00 e. The van der Waals surface area contributed by atoms with Crippen LogP contribution in [-0.2, 0) is 0 Å². The molecule has 3 nitrogen and oxygen atoms in total. The molecule has 0 bridgehead atoms. The molecule has 0 unspecified atom stereocenters. The molecule has 24 valence electrons. The van der Waals surface area contributed by atoms with Gasteiger partial charge in [-0.2, -0.15) is 0 Å². The minimum absolute atomic E-state index is 0.